The van der Waals surface area contributed by atoms with E-state index >= 15 is 0 Å². The van der Waals surface area contributed by atoms with Crippen molar-refractivity contribution in [3.05, 3.63) is 137 Å². The summed E-state index contributed by atoms with van der Waals surface area (Å²) in [6.07, 6.45) is -0.759. The van der Waals surface area contributed by atoms with E-state index in [4.69, 9.17) is 9.47 Å². The second-order valence-electron chi connectivity index (χ2n) is 12.3. The Morgan fingerprint density at radius 3 is 2.00 bits per heavy atom. The summed E-state index contributed by atoms with van der Waals surface area (Å²) in [5.74, 6) is 0.118. The quantitative estimate of drug-likeness (QED) is 0.198. The number of piperazine rings is 1. The number of anilines is 1. The average molecular weight is 621 g/mol. The predicted molar refractivity (Wildman–Crippen MR) is 180 cm³/mol. The number of aliphatic hydroxyl groups excluding tert-OH is 1. The summed E-state index contributed by atoms with van der Waals surface area (Å²) >= 11 is 0. The van der Waals surface area contributed by atoms with E-state index in [1.807, 2.05) is 66.7 Å². The van der Waals surface area contributed by atoms with Gasteiger partial charge in [0, 0.05) is 63.0 Å². The molecule has 0 bridgehead atoms. The van der Waals surface area contributed by atoms with E-state index in [1.54, 1.807) is 0 Å². The summed E-state index contributed by atoms with van der Waals surface area (Å²) in [6.45, 7) is 8.51. The Balaban J connectivity index is 1.10. The molecule has 2 fully saturated rings. The van der Waals surface area contributed by atoms with Crippen LogP contribution in [0.2, 0.25) is 0 Å². The van der Waals surface area contributed by atoms with Gasteiger partial charge in [-0.3, -0.25) is 9.80 Å². The highest BCUT2D eigenvalue weighted by atomic mass is 16.7. The van der Waals surface area contributed by atoms with Crippen LogP contribution in [0.3, 0.4) is 0 Å². The van der Waals surface area contributed by atoms with Crippen LogP contribution in [0.15, 0.2) is 109 Å². The van der Waals surface area contributed by atoms with Gasteiger partial charge in [-0.05, 0) is 34.4 Å². The van der Waals surface area contributed by atoms with Crippen LogP contribution in [0.4, 0.5) is 10.5 Å². The molecule has 0 spiro atoms. The highest BCUT2D eigenvalue weighted by Gasteiger charge is 2.39. The van der Waals surface area contributed by atoms with Crippen molar-refractivity contribution in [2.24, 2.45) is 5.92 Å². The molecule has 2 aliphatic rings. The van der Waals surface area contributed by atoms with Crippen molar-refractivity contribution in [3.8, 4) is 0 Å². The van der Waals surface area contributed by atoms with Gasteiger partial charge in [-0.15, -0.1) is 0 Å². The molecule has 6 rings (SSSR count). The van der Waals surface area contributed by atoms with Gasteiger partial charge in [0.05, 0.1) is 18.8 Å². The van der Waals surface area contributed by atoms with Crippen molar-refractivity contribution < 1.29 is 19.4 Å². The van der Waals surface area contributed by atoms with E-state index in [9.17, 15) is 9.90 Å². The molecule has 2 saturated heterocycles. The standard InChI is InChI=1S/C38H44N4O4/c1-28-35(26-42-22-20-41(21-23-42)25-30-10-6-3-7-11-30)45-37(46-36(28)32-14-12-31(27-43)13-15-32)33-16-18-34(19-17-33)40-38(44)39-24-29-8-4-2-5-9-29/h2-19,28,35-37,43H,20-27H2,1H3,(H2,39,40,44)/t28-,35+,36+,37+/m0/s1. The van der Waals surface area contributed by atoms with E-state index in [1.165, 1.54) is 5.56 Å². The lowest BCUT2D eigenvalue weighted by Gasteiger charge is -2.44. The van der Waals surface area contributed by atoms with E-state index in [0.29, 0.717) is 12.2 Å². The maximum Gasteiger partial charge on any atom is 0.319 e. The van der Waals surface area contributed by atoms with Crippen molar-refractivity contribution in [1.29, 1.82) is 0 Å². The monoisotopic (exact) mass is 620 g/mol. The fraction of sp³-hybridized carbons (Fsp3) is 0.342. The zero-order valence-corrected chi connectivity index (χ0v) is 26.4. The lowest BCUT2D eigenvalue weighted by atomic mass is 9.90. The van der Waals surface area contributed by atoms with Crippen molar-refractivity contribution in [1.82, 2.24) is 15.1 Å². The summed E-state index contributed by atoms with van der Waals surface area (Å²) in [5.41, 5.74) is 5.93. The van der Waals surface area contributed by atoms with Gasteiger partial charge in [0.2, 0.25) is 0 Å². The van der Waals surface area contributed by atoms with E-state index in [-0.39, 0.29) is 30.8 Å². The summed E-state index contributed by atoms with van der Waals surface area (Å²) in [5, 5.41) is 15.4. The zero-order chi connectivity index (χ0) is 31.7. The van der Waals surface area contributed by atoms with Crippen LogP contribution in [0.1, 0.15) is 47.1 Å². The lowest BCUT2D eigenvalue weighted by molar-refractivity contribution is -0.276. The highest BCUT2D eigenvalue weighted by Crippen LogP contribution is 2.42. The van der Waals surface area contributed by atoms with Crippen LogP contribution in [-0.2, 0) is 29.2 Å². The van der Waals surface area contributed by atoms with Crippen molar-refractivity contribution >= 4 is 11.7 Å². The molecule has 0 aromatic heterocycles. The molecular weight excluding hydrogens is 576 g/mol. The number of ether oxygens (including phenoxy) is 2. The molecule has 0 unspecified atom stereocenters. The fourth-order valence-electron chi connectivity index (χ4n) is 6.23. The van der Waals surface area contributed by atoms with Gasteiger partial charge < -0.3 is 25.2 Å². The molecule has 4 atom stereocenters. The number of carbonyl (C=O) groups is 1. The minimum atomic E-state index is -0.552. The Morgan fingerprint density at radius 2 is 1.35 bits per heavy atom. The largest absolute Gasteiger partial charge is 0.392 e. The summed E-state index contributed by atoms with van der Waals surface area (Å²) in [4.78, 5) is 17.5. The van der Waals surface area contributed by atoms with Gasteiger partial charge in [-0.25, -0.2) is 4.79 Å². The van der Waals surface area contributed by atoms with E-state index in [2.05, 4.69) is 69.8 Å². The Bertz CT molecular complexity index is 1510. The molecule has 8 nitrogen and oxygen atoms in total. The third-order valence-electron chi connectivity index (χ3n) is 9.01. The topological polar surface area (TPSA) is 86.3 Å². The number of amides is 2. The molecule has 2 amide bonds. The number of urea groups is 1. The number of aliphatic hydroxyl groups is 1. The van der Waals surface area contributed by atoms with Gasteiger partial charge >= 0.3 is 6.03 Å². The second-order valence-corrected chi connectivity index (χ2v) is 12.3. The molecule has 4 aromatic carbocycles. The smallest absolute Gasteiger partial charge is 0.319 e. The number of nitrogens with one attached hydrogen (secondary N) is 2. The first-order chi connectivity index (χ1) is 22.5. The molecular formula is C38H44N4O4. The fourth-order valence-corrected chi connectivity index (χ4v) is 6.23. The first-order valence-electron chi connectivity index (χ1n) is 16.2. The van der Waals surface area contributed by atoms with Crippen LogP contribution in [0.5, 0.6) is 0 Å². The minimum Gasteiger partial charge on any atom is -0.392 e. The Kier molecular flexibility index (Phi) is 10.7. The average Bonchev–Trinajstić information content (AvgIpc) is 3.10. The van der Waals surface area contributed by atoms with Crippen LogP contribution < -0.4 is 10.6 Å². The van der Waals surface area contributed by atoms with Crippen LogP contribution in [0.25, 0.3) is 0 Å². The molecule has 3 N–H and O–H groups in total. The molecule has 4 aromatic rings. The van der Waals surface area contributed by atoms with Crippen LogP contribution in [-0.4, -0.2) is 59.8 Å². The molecule has 0 radical (unpaired) electrons. The number of rotatable bonds is 10. The highest BCUT2D eigenvalue weighted by molar-refractivity contribution is 5.89. The zero-order valence-electron chi connectivity index (χ0n) is 26.4. The normalized spacial score (nSPS) is 22.3. The van der Waals surface area contributed by atoms with Gasteiger partial charge in [0.1, 0.15) is 0 Å². The number of nitrogens with zero attached hydrogens (tertiary/aromatic N) is 2. The SMILES string of the molecule is C[C@H]1[C@@H](CN2CCN(Cc3ccccc3)CC2)O[C@@H](c2ccc(NC(=O)NCc3ccccc3)cc2)O[C@H]1c1ccc(CO)cc1. The molecule has 46 heavy (non-hydrogen) atoms. The molecule has 0 aliphatic carbocycles. The van der Waals surface area contributed by atoms with Crippen molar-refractivity contribution in [3.63, 3.8) is 0 Å². The maximum atomic E-state index is 12.5. The second kappa shape index (κ2) is 15.5. The third kappa shape index (κ3) is 8.40. The number of hydrogen-bond acceptors (Lipinski definition) is 6. The van der Waals surface area contributed by atoms with Gasteiger partial charge in [-0.1, -0.05) is 104 Å². The first kappa shape index (κ1) is 31.9. The minimum absolute atomic E-state index is 0.0105. The number of carbonyl (C=O) groups excluding carboxylic acids is 1. The maximum absolute atomic E-state index is 12.5. The molecule has 8 heteroatoms. The van der Waals surface area contributed by atoms with Gasteiger partial charge in [-0.2, -0.15) is 0 Å². The molecule has 2 aliphatic heterocycles. The molecule has 240 valence electrons. The lowest BCUT2D eigenvalue weighted by Crippen LogP contribution is -2.51. The Hall–Kier alpha value is -4.05. The first-order valence-corrected chi connectivity index (χ1v) is 16.2. The number of hydrogen-bond donors (Lipinski definition) is 3. The summed E-state index contributed by atoms with van der Waals surface area (Å²) in [6, 6.07) is 35.9. The van der Waals surface area contributed by atoms with Gasteiger partial charge in [0.25, 0.3) is 0 Å². The van der Waals surface area contributed by atoms with E-state index in [0.717, 1.165) is 61.5 Å². The van der Waals surface area contributed by atoms with Gasteiger partial charge in [0.15, 0.2) is 6.29 Å². The predicted octanol–water partition coefficient (Wildman–Crippen LogP) is 6.11. The van der Waals surface area contributed by atoms with E-state index < -0.39 is 6.29 Å². The van der Waals surface area contributed by atoms with Crippen molar-refractivity contribution in [2.45, 2.75) is 45.1 Å². The Labute approximate surface area is 272 Å². The van der Waals surface area contributed by atoms with Crippen LogP contribution >= 0.6 is 0 Å². The molecule has 2 heterocycles. The Morgan fingerprint density at radius 1 is 0.739 bits per heavy atom. The number of benzene rings is 4. The molecule has 0 saturated carbocycles. The van der Waals surface area contributed by atoms with Crippen molar-refractivity contribution in [2.75, 3.05) is 38.0 Å². The summed E-state index contributed by atoms with van der Waals surface area (Å²) in [7, 11) is 0. The van der Waals surface area contributed by atoms with Crippen LogP contribution in [0, 0.1) is 5.92 Å². The summed E-state index contributed by atoms with van der Waals surface area (Å²) < 4.78 is 13.3. The third-order valence-corrected chi connectivity index (χ3v) is 9.01.